The van der Waals surface area contributed by atoms with Gasteiger partial charge in [-0.05, 0) is 12.1 Å². The number of rotatable bonds is 1. The monoisotopic (exact) mass is 235 g/mol. The fourth-order valence-corrected chi connectivity index (χ4v) is 2.10. The molecule has 0 fully saturated rings. The molecular formula is C10H6ClN3S. The van der Waals surface area contributed by atoms with Crippen LogP contribution in [-0.2, 0) is 0 Å². The predicted octanol–water partition coefficient (Wildman–Crippen LogP) is 2.92. The van der Waals surface area contributed by atoms with Crippen LogP contribution in [-0.4, -0.2) is 4.98 Å². The summed E-state index contributed by atoms with van der Waals surface area (Å²) < 4.78 is 0. The first-order valence-corrected chi connectivity index (χ1v) is 5.37. The van der Waals surface area contributed by atoms with Crippen LogP contribution in [0.3, 0.4) is 0 Å². The standard InChI is InChI=1S/C10H6ClN3S/c11-8-4-7(10-14-1-2-15-10)9(13)3-6(8)5-12/h1-4H,13H2. The van der Waals surface area contributed by atoms with Gasteiger partial charge in [0.15, 0.2) is 0 Å². The molecule has 1 heterocycles. The van der Waals surface area contributed by atoms with Gasteiger partial charge >= 0.3 is 0 Å². The minimum atomic E-state index is 0.384. The van der Waals surface area contributed by atoms with E-state index in [1.807, 2.05) is 11.4 Å². The molecule has 0 aliphatic heterocycles. The number of nitrogen functional groups attached to an aromatic ring is 1. The van der Waals surface area contributed by atoms with Crippen LogP contribution in [0.1, 0.15) is 5.56 Å². The lowest BCUT2D eigenvalue weighted by atomic mass is 10.1. The normalized spacial score (nSPS) is 9.87. The molecular weight excluding hydrogens is 230 g/mol. The van der Waals surface area contributed by atoms with Gasteiger partial charge < -0.3 is 5.73 Å². The number of aromatic nitrogens is 1. The highest BCUT2D eigenvalue weighted by Gasteiger charge is 2.09. The molecule has 0 aliphatic rings. The van der Waals surface area contributed by atoms with Crippen molar-refractivity contribution in [2.24, 2.45) is 0 Å². The summed E-state index contributed by atoms with van der Waals surface area (Å²) in [7, 11) is 0. The zero-order chi connectivity index (χ0) is 10.8. The summed E-state index contributed by atoms with van der Waals surface area (Å²) in [5, 5.41) is 11.8. The average molecular weight is 236 g/mol. The maximum atomic E-state index is 8.76. The highest BCUT2D eigenvalue weighted by Crippen LogP contribution is 2.32. The van der Waals surface area contributed by atoms with Crippen molar-refractivity contribution in [2.45, 2.75) is 0 Å². The Bertz CT molecular complexity index is 528. The maximum Gasteiger partial charge on any atom is 0.125 e. The molecule has 1 aromatic heterocycles. The van der Waals surface area contributed by atoms with Gasteiger partial charge in [0, 0.05) is 22.8 Å². The molecule has 1 aromatic carbocycles. The Balaban J connectivity index is 2.61. The smallest absolute Gasteiger partial charge is 0.125 e. The van der Waals surface area contributed by atoms with Crippen LogP contribution in [0.5, 0.6) is 0 Å². The van der Waals surface area contributed by atoms with Gasteiger partial charge in [0.05, 0.1) is 10.6 Å². The summed E-state index contributed by atoms with van der Waals surface area (Å²) in [5.74, 6) is 0. The first-order chi connectivity index (χ1) is 7.22. The predicted molar refractivity (Wildman–Crippen MR) is 61.7 cm³/mol. The molecule has 15 heavy (non-hydrogen) atoms. The summed E-state index contributed by atoms with van der Waals surface area (Å²) in [6, 6.07) is 5.22. The number of nitriles is 1. The third-order valence-corrected chi connectivity index (χ3v) is 3.04. The van der Waals surface area contributed by atoms with E-state index in [9.17, 15) is 0 Å². The molecule has 3 nitrogen and oxygen atoms in total. The molecule has 0 bridgehead atoms. The Morgan fingerprint density at radius 2 is 2.27 bits per heavy atom. The topological polar surface area (TPSA) is 62.7 Å². The van der Waals surface area contributed by atoms with Gasteiger partial charge in [-0.15, -0.1) is 11.3 Å². The summed E-state index contributed by atoms with van der Waals surface area (Å²) in [4.78, 5) is 4.14. The van der Waals surface area contributed by atoms with E-state index >= 15 is 0 Å². The van der Waals surface area contributed by atoms with Gasteiger partial charge in [0.2, 0.25) is 0 Å². The summed E-state index contributed by atoms with van der Waals surface area (Å²) in [6.07, 6.45) is 1.70. The SMILES string of the molecule is N#Cc1cc(N)c(-c2nccs2)cc1Cl. The fourth-order valence-electron chi connectivity index (χ4n) is 1.22. The van der Waals surface area contributed by atoms with E-state index in [2.05, 4.69) is 4.98 Å². The van der Waals surface area contributed by atoms with Crippen LogP contribution in [0.25, 0.3) is 10.6 Å². The third-order valence-electron chi connectivity index (χ3n) is 1.92. The number of hydrogen-bond donors (Lipinski definition) is 1. The van der Waals surface area contributed by atoms with Gasteiger partial charge in [0.25, 0.3) is 0 Å². The lowest BCUT2D eigenvalue weighted by molar-refractivity contribution is 1.41. The van der Waals surface area contributed by atoms with Crippen LogP contribution < -0.4 is 5.73 Å². The molecule has 0 saturated carbocycles. The zero-order valence-electron chi connectivity index (χ0n) is 7.57. The molecule has 2 aromatic rings. The van der Waals surface area contributed by atoms with Crippen molar-refractivity contribution in [3.63, 3.8) is 0 Å². The molecule has 0 spiro atoms. The molecule has 74 valence electrons. The Morgan fingerprint density at radius 1 is 1.47 bits per heavy atom. The van der Waals surface area contributed by atoms with Crippen molar-refractivity contribution >= 4 is 28.6 Å². The van der Waals surface area contributed by atoms with Gasteiger partial charge in [0.1, 0.15) is 11.1 Å². The number of anilines is 1. The highest BCUT2D eigenvalue weighted by atomic mass is 35.5. The maximum absolute atomic E-state index is 8.76. The number of hydrogen-bond acceptors (Lipinski definition) is 4. The molecule has 0 amide bonds. The van der Waals surface area contributed by atoms with Crippen LogP contribution >= 0.6 is 22.9 Å². The molecule has 0 atom stereocenters. The summed E-state index contributed by atoms with van der Waals surface area (Å²) in [6.45, 7) is 0. The number of benzene rings is 1. The number of halogens is 1. The van der Waals surface area contributed by atoms with Crippen LogP contribution in [0.2, 0.25) is 5.02 Å². The lowest BCUT2D eigenvalue weighted by Gasteiger charge is -2.04. The second-order valence-electron chi connectivity index (χ2n) is 2.87. The number of nitrogens with zero attached hydrogens (tertiary/aromatic N) is 2. The quantitative estimate of drug-likeness (QED) is 0.773. The second-order valence-corrected chi connectivity index (χ2v) is 4.17. The average Bonchev–Trinajstić information content (AvgIpc) is 2.74. The van der Waals surface area contributed by atoms with E-state index in [1.54, 1.807) is 18.3 Å². The molecule has 0 unspecified atom stereocenters. The Labute approximate surface area is 95.7 Å². The van der Waals surface area contributed by atoms with Crippen molar-refractivity contribution in [1.29, 1.82) is 5.26 Å². The van der Waals surface area contributed by atoms with Gasteiger partial charge in [-0.3, -0.25) is 0 Å². The lowest BCUT2D eigenvalue weighted by Crippen LogP contribution is -1.91. The van der Waals surface area contributed by atoms with E-state index in [0.29, 0.717) is 16.3 Å². The van der Waals surface area contributed by atoms with Crippen molar-refractivity contribution < 1.29 is 0 Å². The summed E-state index contributed by atoms with van der Waals surface area (Å²) in [5.41, 5.74) is 7.49. The second kappa shape index (κ2) is 3.89. The largest absolute Gasteiger partial charge is 0.398 e. The van der Waals surface area contributed by atoms with Crippen molar-refractivity contribution in [2.75, 3.05) is 5.73 Å². The fraction of sp³-hybridized carbons (Fsp3) is 0. The summed E-state index contributed by atoms with van der Waals surface area (Å²) >= 11 is 7.40. The molecule has 2 rings (SSSR count). The van der Waals surface area contributed by atoms with E-state index in [0.717, 1.165) is 10.6 Å². The van der Waals surface area contributed by atoms with Crippen molar-refractivity contribution in [3.05, 3.63) is 34.3 Å². The molecule has 0 aliphatic carbocycles. The molecule has 2 N–H and O–H groups in total. The van der Waals surface area contributed by atoms with Crippen molar-refractivity contribution in [3.8, 4) is 16.6 Å². The first kappa shape index (κ1) is 9.97. The molecule has 0 radical (unpaired) electrons. The number of thiazole rings is 1. The van der Waals surface area contributed by atoms with E-state index in [-0.39, 0.29) is 0 Å². The minimum absolute atomic E-state index is 0.384. The Hall–Kier alpha value is -1.57. The van der Waals surface area contributed by atoms with Crippen LogP contribution in [0.15, 0.2) is 23.7 Å². The molecule has 0 saturated heterocycles. The first-order valence-electron chi connectivity index (χ1n) is 4.11. The van der Waals surface area contributed by atoms with Crippen LogP contribution in [0, 0.1) is 11.3 Å². The third kappa shape index (κ3) is 1.80. The molecule has 5 heteroatoms. The zero-order valence-corrected chi connectivity index (χ0v) is 9.14. The highest BCUT2D eigenvalue weighted by molar-refractivity contribution is 7.13. The Morgan fingerprint density at radius 3 is 2.87 bits per heavy atom. The minimum Gasteiger partial charge on any atom is -0.398 e. The van der Waals surface area contributed by atoms with E-state index in [4.69, 9.17) is 22.6 Å². The van der Waals surface area contributed by atoms with E-state index < -0.39 is 0 Å². The van der Waals surface area contributed by atoms with Gasteiger partial charge in [-0.25, -0.2) is 4.98 Å². The Kier molecular flexibility index (Phi) is 2.58. The van der Waals surface area contributed by atoms with Crippen LogP contribution in [0.4, 0.5) is 5.69 Å². The van der Waals surface area contributed by atoms with Gasteiger partial charge in [-0.1, -0.05) is 11.6 Å². The van der Waals surface area contributed by atoms with Gasteiger partial charge in [-0.2, -0.15) is 5.26 Å². The number of nitrogens with two attached hydrogens (primary N) is 1. The van der Waals surface area contributed by atoms with E-state index in [1.165, 1.54) is 11.3 Å². The van der Waals surface area contributed by atoms with Crippen molar-refractivity contribution in [1.82, 2.24) is 4.98 Å².